The van der Waals surface area contributed by atoms with Gasteiger partial charge >= 0.3 is 0 Å². The first-order valence-corrected chi connectivity index (χ1v) is 15.3. The number of guanidine groups is 2. The Morgan fingerprint density at radius 1 is 1.08 bits per heavy atom. The van der Waals surface area contributed by atoms with Crippen LogP contribution in [0.4, 0.5) is 0 Å². The van der Waals surface area contributed by atoms with Crippen LogP contribution in [0.5, 0.6) is 0 Å². The molecule has 0 radical (unpaired) electrons. The van der Waals surface area contributed by atoms with Crippen molar-refractivity contribution in [2.24, 2.45) is 22.6 Å². The lowest BCUT2D eigenvalue weighted by Gasteiger charge is -2.42. The highest BCUT2D eigenvalue weighted by atomic mass is 15.5. The van der Waals surface area contributed by atoms with E-state index in [1.165, 1.54) is 24.8 Å². The highest BCUT2D eigenvalue weighted by molar-refractivity contribution is 5.80. The third kappa shape index (κ3) is 6.64. The summed E-state index contributed by atoms with van der Waals surface area (Å²) in [6.07, 6.45) is 8.20. The van der Waals surface area contributed by atoms with Gasteiger partial charge in [0, 0.05) is 44.7 Å². The highest BCUT2D eigenvalue weighted by Gasteiger charge is 2.43. The molecule has 2 saturated heterocycles. The molecule has 7 heteroatoms. The molecule has 0 amide bonds. The third-order valence-electron chi connectivity index (χ3n) is 8.93. The largest absolute Gasteiger partial charge is 0.370 e. The van der Waals surface area contributed by atoms with E-state index >= 15 is 0 Å². The number of rotatable bonds is 13. The van der Waals surface area contributed by atoms with Crippen LogP contribution in [0.25, 0.3) is 0 Å². The number of aliphatic imine (C=N–C) groups is 1. The van der Waals surface area contributed by atoms with Gasteiger partial charge in [0.25, 0.3) is 0 Å². The van der Waals surface area contributed by atoms with Crippen LogP contribution in [0.15, 0.2) is 35.3 Å². The average molecular weight is 524 g/mol. The molecule has 1 aromatic rings. The summed E-state index contributed by atoms with van der Waals surface area (Å²) in [6, 6.07) is 12.1. The van der Waals surface area contributed by atoms with E-state index in [1.54, 1.807) is 0 Å². The van der Waals surface area contributed by atoms with Gasteiger partial charge in [-0.15, -0.1) is 0 Å². The predicted octanol–water partition coefficient (Wildman–Crippen LogP) is 4.83. The quantitative estimate of drug-likeness (QED) is 0.387. The fourth-order valence-electron chi connectivity index (χ4n) is 6.80. The molecule has 3 heterocycles. The molecule has 3 aliphatic rings. The van der Waals surface area contributed by atoms with Gasteiger partial charge in [-0.1, -0.05) is 71.4 Å². The summed E-state index contributed by atoms with van der Waals surface area (Å²) in [7, 11) is 0. The number of hydrogen-bond acceptors (Lipinski definition) is 5. The summed E-state index contributed by atoms with van der Waals surface area (Å²) in [6.45, 7) is 16.2. The molecule has 38 heavy (non-hydrogen) atoms. The number of likely N-dealkylation sites (tertiary alicyclic amines) is 1. The second-order valence-electron chi connectivity index (χ2n) is 12.5. The minimum Gasteiger partial charge on any atom is -0.370 e. The summed E-state index contributed by atoms with van der Waals surface area (Å²) in [4.78, 5) is 14.6. The maximum atomic E-state index is 9.40. The first-order valence-electron chi connectivity index (χ1n) is 15.3. The molecule has 4 rings (SSSR count). The van der Waals surface area contributed by atoms with Crippen LogP contribution in [0, 0.1) is 17.2 Å². The van der Waals surface area contributed by atoms with Gasteiger partial charge in [0.2, 0.25) is 0 Å². The predicted molar refractivity (Wildman–Crippen MR) is 159 cm³/mol. The van der Waals surface area contributed by atoms with Gasteiger partial charge in [-0.25, -0.2) is 0 Å². The molecule has 0 aromatic heterocycles. The molecule has 4 atom stereocenters. The maximum Gasteiger partial charge on any atom is 0.195 e. The van der Waals surface area contributed by atoms with E-state index in [2.05, 4.69) is 89.5 Å². The molecule has 0 spiro atoms. The molecular weight excluding hydrogens is 470 g/mol. The van der Waals surface area contributed by atoms with Crippen molar-refractivity contribution in [3.63, 3.8) is 0 Å². The molecule has 1 aromatic carbocycles. The lowest BCUT2D eigenvalue weighted by molar-refractivity contribution is 0.0678. The van der Waals surface area contributed by atoms with E-state index in [0.717, 1.165) is 64.4 Å². The maximum absolute atomic E-state index is 9.40. The molecule has 3 N–H and O–H groups in total. The highest BCUT2D eigenvalue weighted by Crippen LogP contribution is 2.31. The Balaban J connectivity index is 1.57. The second-order valence-corrected chi connectivity index (χ2v) is 12.5. The Morgan fingerprint density at radius 2 is 1.84 bits per heavy atom. The lowest BCUT2D eigenvalue weighted by Crippen LogP contribution is -2.57. The van der Waals surface area contributed by atoms with Gasteiger partial charge in [0.05, 0.1) is 18.8 Å². The molecule has 0 bridgehead atoms. The van der Waals surface area contributed by atoms with E-state index in [1.807, 2.05) is 0 Å². The number of benzene rings is 1. The van der Waals surface area contributed by atoms with Crippen LogP contribution in [0.1, 0.15) is 78.7 Å². The molecule has 7 nitrogen and oxygen atoms in total. The van der Waals surface area contributed by atoms with E-state index in [-0.39, 0.29) is 6.17 Å². The zero-order chi connectivity index (χ0) is 27.2. The van der Waals surface area contributed by atoms with E-state index in [9.17, 15) is 5.41 Å². The Bertz CT molecular complexity index is 914. The zero-order valence-corrected chi connectivity index (χ0v) is 24.6. The zero-order valence-electron chi connectivity index (χ0n) is 24.6. The fourth-order valence-corrected chi connectivity index (χ4v) is 6.80. The number of nitrogens with zero attached hydrogens (tertiary/aromatic N) is 5. The Kier molecular flexibility index (Phi) is 9.97. The lowest BCUT2D eigenvalue weighted by atomic mass is 10.0. The van der Waals surface area contributed by atoms with Gasteiger partial charge in [-0.3, -0.25) is 15.3 Å². The van der Waals surface area contributed by atoms with Crippen LogP contribution >= 0.6 is 0 Å². The van der Waals surface area contributed by atoms with Gasteiger partial charge < -0.3 is 20.4 Å². The molecule has 3 aliphatic heterocycles. The van der Waals surface area contributed by atoms with Crippen LogP contribution in [0.3, 0.4) is 0 Å². The van der Waals surface area contributed by atoms with Crippen LogP contribution in [-0.2, 0) is 6.42 Å². The molecular formula is C31H53N7. The minimum atomic E-state index is 0.185. The van der Waals surface area contributed by atoms with Gasteiger partial charge in [-0.2, -0.15) is 0 Å². The van der Waals surface area contributed by atoms with Gasteiger partial charge in [0.1, 0.15) is 0 Å². The van der Waals surface area contributed by atoms with Crippen LogP contribution < -0.4 is 5.73 Å². The summed E-state index contributed by atoms with van der Waals surface area (Å²) < 4.78 is 0. The third-order valence-corrected chi connectivity index (χ3v) is 8.93. The molecule has 2 fully saturated rings. The number of nitrogens with one attached hydrogen (secondary N) is 1. The van der Waals surface area contributed by atoms with Crippen molar-refractivity contribution in [1.82, 2.24) is 19.6 Å². The Morgan fingerprint density at radius 3 is 2.53 bits per heavy atom. The summed E-state index contributed by atoms with van der Waals surface area (Å²) >= 11 is 0. The van der Waals surface area contributed by atoms with Crippen molar-refractivity contribution in [1.29, 1.82) is 5.41 Å². The fraction of sp³-hybridized carbons (Fsp3) is 0.742. The van der Waals surface area contributed by atoms with Crippen LogP contribution in [0.2, 0.25) is 0 Å². The van der Waals surface area contributed by atoms with E-state index in [0.29, 0.717) is 35.9 Å². The first-order chi connectivity index (χ1) is 18.3. The summed E-state index contributed by atoms with van der Waals surface area (Å²) in [5.41, 5.74) is 7.77. The topological polar surface area (TPSA) is 75.2 Å². The van der Waals surface area contributed by atoms with Crippen molar-refractivity contribution >= 4 is 11.9 Å². The van der Waals surface area contributed by atoms with E-state index < -0.39 is 0 Å². The van der Waals surface area contributed by atoms with Crippen LogP contribution in [-0.4, -0.2) is 88.5 Å². The van der Waals surface area contributed by atoms with Crippen molar-refractivity contribution < 1.29 is 0 Å². The van der Waals surface area contributed by atoms with Crippen molar-refractivity contribution in [3.8, 4) is 0 Å². The van der Waals surface area contributed by atoms with Crippen molar-refractivity contribution in [2.75, 3.05) is 32.7 Å². The Hall–Kier alpha value is -2.28. The smallest absolute Gasteiger partial charge is 0.195 e. The van der Waals surface area contributed by atoms with Crippen molar-refractivity contribution in [3.05, 3.63) is 35.9 Å². The normalized spacial score (nSPS) is 25.3. The molecule has 0 aliphatic carbocycles. The van der Waals surface area contributed by atoms with Gasteiger partial charge in [-0.05, 0) is 49.5 Å². The minimum absolute atomic E-state index is 0.185. The first kappa shape index (κ1) is 28.7. The number of hydrogen-bond donors (Lipinski definition) is 2. The molecule has 0 saturated carbocycles. The average Bonchev–Trinajstić information content (AvgIpc) is 3.58. The summed E-state index contributed by atoms with van der Waals surface area (Å²) in [5.74, 6) is 2.68. The standard InChI is InChI=1S/C31H53N7/c1-6-12-26-22-38(31(33)36(26)18-10-13-23(2)3)29(19-25-14-8-7-9-15-25)35-17-11-16-27(35)21-37-28(24(4)5)20-34-30(37)32/h7-9,14-15,23-24,26-29,33H,6,10-13,16-22H2,1-5H3,(H2,32,34)/t26-,27+,28+,29-/m1/s1. The second kappa shape index (κ2) is 13.2. The van der Waals surface area contributed by atoms with E-state index in [4.69, 9.17) is 5.73 Å². The van der Waals surface area contributed by atoms with Crippen molar-refractivity contribution in [2.45, 2.75) is 104 Å². The monoisotopic (exact) mass is 523 g/mol. The SMILES string of the molecule is CCC[C@@H]1CN([C@H](Cc2ccccc2)N2CCC[C@H]2CN2C(N)=NC[C@H]2C(C)C)C(=N)N1CCCC(C)C. The number of nitrogens with two attached hydrogens (primary N) is 1. The molecule has 212 valence electrons. The summed E-state index contributed by atoms with van der Waals surface area (Å²) in [5, 5.41) is 9.40. The van der Waals surface area contributed by atoms with Gasteiger partial charge in [0.15, 0.2) is 11.9 Å². The molecule has 0 unspecified atom stereocenters. The Labute approximate surface area is 231 Å².